The van der Waals surface area contributed by atoms with E-state index in [9.17, 15) is 9.18 Å². The average molecular weight is 414 g/mol. The van der Waals surface area contributed by atoms with Gasteiger partial charge in [0.2, 0.25) is 0 Å². The highest BCUT2D eigenvalue weighted by Crippen LogP contribution is 2.42. The van der Waals surface area contributed by atoms with Crippen LogP contribution in [0.3, 0.4) is 0 Å². The number of aromatic nitrogens is 3. The van der Waals surface area contributed by atoms with Crippen LogP contribution < -0.4 is 5.56 Å². The Labute approximate surface area is 179 Å². The smallest absolute Gasteiger partial charge is 0.255 e. The van der Waals surface area contributed by atoms with Crippen molar-refractivity contribution >= 4 is 10.9 Å². The van der Waals surface area contributed by atoms with E-state index in [0.29, 0.717) is 17.3 Å². The molecule has 0 aliphatic carbocycles. The number of pyridine rings is 2. The second kappa shape index (κ2) is 6.89. The summed E-state index contributed by atoms with van der Waals surface area (Å²) in [5.41, 5.74) is 6.06. The van der Waals surface area contributed by atoms with Gasteiger partial charge in [0, 0.05) is 55.0 Å². The molecule has 0 saturated carbocycles. The van der Waals surface area contributed by atoms with Crippen molar-refractivity contribution in [2.45, 2.75) is 25.3 Å². The number of benzene rings is 1. The highest BCUT2D eigenvalue weighted by atomic mass is 19.1. The first-order valence-corrected chi connectivity index (χ1v) is 10.8. The molecule has 5 nitrogen and oxygen atoms in total. The molecule has 4 aromatic rings. The number of halogens is 1. The molecule has 2 aliphatic rings. The fourth-order valence-corrected chi connectivity index (χ4v) is 5.40. The molecule has 3 aromatic heterocycles. The van der Waals surface area contributed by atoms with Gasteiger partial charge in [-0.05, 0) is 55.3 Å². The minimum Gasteiger partial charge on any atom is -0.347 e. The van der Waals surface area contributed by atoms with Gasteiger partial charge in [0.1, 0.15) is 5.82 Å². The number of rotatable bonds is 2. The summed E-state index contributed by atoms with van der Waals surface area (Å²) in [6.45, 7) is 2.33. The molecular weight excluding hydrogens is 391 g/mol. The highest BCUT2D eigenvalue weighted by molar-refractivity contribution is 5.88. The van der Waals surface area contributed by atoms with E-state index in [0.717, 1.165) is 24.8 Å². The van der Waals surface area contributed by atoms with Gasteiger partial charge in [0.05, 0.1) is 23.1 Å². The van der Waals surface area contributed by atoms with Crippen LogP contribution in [0.25, 0.3) is 27.8 Å². The quantitative estimate of drug-likeness (QED) is 0.493. The van der Waals surface area contributed by atoms with Crippen LogP contribution in [0.4, 0.5) is 4.39 Å². The molecule has 2 aliphatic heterocycles. The number of aryl methyl sites for hydroxylation is 1. The molecule has 5 heterocycles. The number of nitrogens with zero attached hydrogens (tertiary/aromatic N) is 4. The first-order valence-electron chi connectivity index (χ1n) is 10.8. The van der Waals surface area contributed by atoms with E-state index in [1.807, 2.05) is 12.1 Å². The fourth-order valence-electron chi connectivity index (χ4n) is 5.40. The molecule has 1 atom stereocenters. The minimum atomic E-state index is -0.392. The van der Waals surface area contributed by atoms with Crippen LogP contribution in [0.5, 0.6) is 0 Å². The van der Waals surface area contributed by atoms with Gasteiger partial charge in [0.15, 0.2) is 0 Å². The van der Waals surface area contributed by atoms with Gasteiger partial charge >= 0.3 is 0 Å². The zero-order chi connectivity index (χ0) is 21.1. The molecule has 6 rings (SSSR count). The SMILES string of the molecule is Cn1c2c(c3ccc(-n4ccc(-c5ccc(F)cn5)cc4=O)cc31)C1CCCN1CC2. The Morgan fingerprint density at radius 1 is 1.10 bits per heavy atom. The van der Waals surface area contributed by atoms with E-state index in [-0.39, 0.29) is 5.56 Å². The van der Waals surface area contributed by atoms with Crippen molar-refractivity contribution in [1.82, 2.24) is 19.0 Å². The van der Waals surface area contributed by atoms with Crippen LogP contribution >= 0.6 is 0 Å². The third kappa shape index (κ3) is 2.86. The summed E-state index contributed by atoms with van der Waals surface area (Å²) < 4.78 is 17.1. The zero-order valence-corrected chi connectivity index (χ0v) is 17.4. The van der Waals surface area contributed by atoms with Crippen LogP contribution in [0.1, 0.15) is 30.1 Å². The Hall–Kier alpha value is -3.25. The Bertz CT molecular complexity index is 1370. The van der Waals surface area contributed by atoms with Crippen molar-refractivity contribution in [3.8, 4) is 16.9 Å². The molecule has 1 saturated heterocycles. The predicted molar refractivity (Wildman–Crippen MR) is 119 cm³/mol. The monoisotopic (exact) mass is 414 g/mol. The molecule has 6 heteroatoms. The summed E-state index contributed by atoms with van der Waals surface area (Å²) in [6.07, 6.45) is 6.50. The number of fused-ring (bicyclic) bond motifs is 5. The average Bonchev–Trinajstić information content (AvgIpc) is 3.37. The lowest BCUT2D eigenvalue weighted by Crippen LogP contribution is -2.31. The molecule has 156 valence electrons. The molecule has 0 amide bonds. The summed E-state index contributed by atoms with van der Waals surface area (Å²) in [5.74, 6) is -0.392. The normalized spacial score (nSPS) is 18.3. The van der Waals surface area contributed by atoms with Crippen molar-refractivity contribution in [1.29, 1.82) is 0 Å². The largest absolute Gasteiger partial charge is 0.347 e. The maximum atomic E-state index is 13.2. The lowest BCUT2D eigenvalue weighted by molar-refractivity contribution is 0.242. The van der Waals surface area contributed by atoms with E-state index < -0.39 is 5.82 Å². The second-order valence-electron chi connectivity index (χ2n) is 8.55. The number of hydrogen-bond acceptors (Lipinski definition) is 3. The third-order valence-corrected chi connectivity index (χ3v) is 6.90. The van der Waals surface area contributed by atoms with Crippen molar-refractivity contribution in [2.24, 2.45) is 7.05 Å². The topological polar surface area (TPSA) is 43.1 Å². The zero-order valence-electron chi connectivity index (χ0n) is 17.4. The van der Waals surface area contributed by atoms with Gasteiger partial charge in [0.25, 0.3) is 5.56 Å². The highest BCUT2D eigenvalue weighted by Gasteiger charge is 2.34. The van der Waals surface area contributed by atoms with Crippen LogP contribution in [0, 0.1) is 5.82 Å². The van der Waals surface area contributed by atoms with Crippen LogP contribution in [0.2, 0.25) is 0 Å². The van der Waals surface area contributed by atoms with Gasteiger partial charge in [-0.3, -0.25) is 19.2 Å². The Morgan fingerprint density at radius 2 is 2.00 bits per heavy atom. The van der Waals surface area contributed by atoms with Crippen molar-refractivity contribution < 1.29 is 4.39 Å². The maximum Gasteiger partial charge on any atom is 0.255 e. The first-order chi connectivity index (χ1) is 15.1. The summed E-state index contributed by atoms with van der Waals surface area (Å²) in [5, 5.41) is 1.30. The van der Waals surface area contributed by atoms with E-state index in [1.54, 1.807) is 22.9 Å². The van der Waals surface area contributed by atoms with E-state index in [1.165, 1.54) is 47.6 Å². The van der Waals surface area contributed by atoms with Gasteiger partial charge in [-0.1, -0.05) is 6.07 Å². The summed E-state index contributed by atoms with van der Waals surface area (Å²) in [7, 11) is 2.14. The number of hydrogen-bond donors (Lipinski definition) is 0. The van der Waals surface area contributed by atoms with Gasteiger partial charge in [-0.25, -0.2) is 4.39 Å². The predicted octanol–water partition coefficient (Wildman–Crippen LogP) is 4.22. The van der Waals surface area contributed by atoms with E-state index in [2.05, 4.69) is 33.6 Å². The first kappa shape index (κ1) is 18.5. The van der Waals surface area contributed by atoms with Crippen molar-refractivity contribution in [3.05, 3.63) is 82.3 Å². The molecule has 0 N–H and O–H groups in total. The summed E-state index contributed by atoms with van der Waals surface area (Å²) >= 11 is 0. The van der Waals surface area contributed by atoms with Gasteiger partial charge in [-0.15, -0.1) is 0 Å². The van der Waals surface area contributed by atoms with Crippen molar-refractivity contribution in [2.75, 3.05) is 13.1 Å². The Kier molecular flexibility index (Phi) is 4.11. The summed E-state index contributed by atoms with van der Waals surface area (Å²) in [6, 6.07) is 13.2. The molecule has 0 radical (unpaired) electrons. The minimum absolute atomic E-state index is 0.135. The lowest BCUT2D eigenvalue weighted by atomic mass is 9.96. The van der Waals surface area contributed by atoms with E-state index in [4.69, 9.17) is 0 Å². The Balaban J connectivity index is 1.43. The third-order valence-electron chi connectivity index (χ3n) is 6.90. The molecule has 0 spiro atoms. The van der Waals surface area contributed by atoms with Gasteiger partial charge < -0.3 is 4.57 Å². The molecule has 1 unspecified atom stereocenters. The fraction of sp³-hybridized carbons (Fsp3) is 0.280. The van der Waals surface area contributed by atoms with Crippen LogP contribution in [-0.4, -0.2) is 32.1 Å². The Morgan fingerprint density at radius 3 is 2.81 bits per heavy atom. The maximum absolute atomic E-state index is 13.2. The molecule has 1 aromatic carbocycles. The standard InChI is InChI=1S/C25H23FN4O/c1-28-21-9-11-29-10-2-3-22(29)25(21)19-6-5-18(14-23(19)28)30-12-8-16(13-24(30)31)20-7-4-17(26)15-27-20/h4-8,12-15,22H,2-3,9-11H2,1H3. The van der Waals surface area contributed by atoms with E-state index >= 15 is 0 Å². The summed E-state index contributed by atoms with van der Waals surface area (Å²) in [4.78, 5) is 19.6. The molecule has 31 heavy (non-hydrogen) atoms. The van der Waals surface area contributed by atoms with Crippen molar-refractivity contribution in [3.63, 3.8) is 0 Å². The molecule has 1 fully saturated rings. The second-order valence-corrected chi connectivity index (χ2v) is 8.55. The molecular formula is C25H23FN4O. The lowest BCUT2D eigenvalue weighted by Gasteiger charge is -2.30. The van der Waals surface area contributed by atoms with Gasteiger partial charge in [-0.2, -0.15) is 0 Å². The molecule has 0 bridgehead atoms. The van der Waals surface area contributed by atoms with Crippen LogP contribution in [-0.2, 0) is 13.5 Å². The van der Waals surface area contributed by atoms with Crippen LogP contribution in [0.15, 0.2) is 59.7 Å².